The summed E-state index contributed by atoms with van der Waals surface area (Å²) in [6, 6.07) is 0. The van der Waals surface area contributed by atoms with E-state index in [0.29, 0.717) is 19.3 Å². The maximum atomic E-state index is 12.7. The molecule has 6 heteroatoms. The summed E-state index contributed by atoms with van der Waals surface area (Å²) in [7, 11) is 0. The van der Waals surface area contributed by atoms with Gasteiger partial charge in [-0.05, 0) is 57.8 Å². The number of rotatable bonds is 42. The van der Waals surface area contributed by atoms with E-state index < -0.39 is 6.10 Å². The highest BCUT2D eigenvalue weighted by Gasteiger charge is 2.19. The Bertz CT molecular complexity index is 1110. The SMILES string of the molecule is CC\C=C/C=C\C=C/C=C\CCCCCC(=O)OC(COC(=O)CCCCC/C=C\C=C/CCCC)COC(=O)CCCCCCCCCCCCCCCCCC. The molecule has 0 saturated heterocycles. The van der Waals surface area contributed by atoms with Crippen LogP contribution in [0.5, 0.6) is 0 Å². The number of hydrogen-bond donors (Lipinski definition) is 0. The number of esters is 3. The Morgan fingerprint density at radius 2 is 0.690 bits per heavy atom. The standard InChI is InChI=1S/C52H88O6/c1-4-7-10-13-16-19-22-24-25-26-28-30-33-36-39-42-45-51(54)57-48-49(47-56-50(53)44-41-38-35-32-29-21-18-15-12-9-6-3)58-52(55)46-43-40-37-34-31-27-23-20-17-14-11-8-5-2/h8,11,14-15,17-18,20-21,23,27,29,31,49H,4-7,9-10,12-13,16,19,22,24-26,28,30,32-48H2,1-3H3/b11-8-,17-14-,18-15-,23-20-,29-21-,31-27-. The van der Waals surface area contributed by atoms with Crippen LogP contribution < -0.4 is 0 Å². The Morgan fingerprint density at radius 1 is 0.362 bits per heavy atom. The highest BCUT2D eigenvalue weighted by molar-refractivity contribution is 5.71. The highest BCUT2D eigenvalue weighted by atomic mass is 16.6. The summed E-state index contributed by atoms with van der Waals surface area (Å²) in [5.74, 6) is -0.969. The molecule has 1 unspecified atom stereocenters. The van der Waals surface area contributed by atoms with Crippen molar-refractivity contribution in [3.63, 3.8) is 0 Å². The topological polar surface area (TPSA) is 78.9 Å². The average molecular weight is 809 g/mol. The minimum absolute atomic E-state index is 0.0989. The fourth-order valence-corrected chi connectivity index (χ4v) is 6.43. The molecule has 6 nitrogen and oxygen atoms in total. The molecule has 0 aromatic heterocycles. The molecular formula is C52H88O6. The molecule has 0 aromatic carbocycles. The first-order chi connectivity index (χ1) is 28.5. The maximum Gasteiger partial charge on any atom is 0.306 e. The van der Waals surface area contributed by atoms with Gasteiger partial charge in [0.05, 0.1) is 0 Å². The van der Waals surface area contributed by atoms with Crippen LogP contribution in [0.1, 0.15) is 220 Å². The molecule has 332 valence electrons. The molecule has 0 fully saturated rings. The summed E-state index contributed by atoms with van der Waals surface area (Å²) in [6.07, 6.45) is 57.5. The molecule has 0 aliphatic heterocycles. The van der Waals surface area contributed by atoms with Crippen LogP contribution >= 0.6 is 0 Å². The lowest BCUT2D eigenvalue weighted by atomic mass is 10.0. The van der Waals surface area contributed by atoms with Gasteiger partial charge in [0.15, 0.2) is 6.10 Å². The van der Waals surface area contributed by atoms with Gasteiger partial charge in [-0.1, -0.05) is 216 Å². The molecule has 0 N–H and O–H groups in total. The number of allylic oxidation sites excluding steroid dienone is 12. The Morgan fingerprint density at radius 3 is 1.12 bits per heavy atom. The van der Waals surface area contributed by atoms with Crippen molar-refractivity contribution in [3.8, 4) is 0 Å². The van der Waals surface area contributed by atoms with Gasteiger partial charge in [0.2, 0.25) is 0 Å². The van der Waals surface area contributed by atoms with Crippen LogP contribution in [-0.2, 0) is 28.6 Å². The van der Waals surface area contributed by atoms with E-state index in [1.807, 2.05) is 36.5 Å². The van der Waals surface area contributed by atoms with Gasteiger partial charge in [-0.2, -0.15) is 0 Å². The zero-order valence-corrected chi connectivity index (χ0v) is 37.8. The summed E-state index contributed by atoms with van der Waals surface area (Å²) in [6.45, 7) is 6.38. The highest BCUT2D eigenvalue weighted by Crippen LogP contribution is 2.15. The first-order valence-electron chi connectivity index (χ1n) is 24.0. The predicted molar refractivity (Wildman–Crippen MR) is 247 cm³/mol. The summed E-state index contributed by atoms with van der Waals surface area (Å²) in [5, 5.41) is 0. The molecule has 0 saturated carbocycles. The lowest BCUT2D eigenvalue weighted by molar-refractivity contribution is -0.167. The van der Waals surface area contributed by atoms with Gasteiger partial charge in [0, 0.05) is 19.3 Å². The molecule has 0 aliphatic carbocycles. The molecule has 0 rings (SSSR count). The minimum Gasteiger partial charge on any atom is -0.462 e. The normalized spacial score (nSPS) is 12.7. The minimum atomic E-state index is -0.803. The van der Waals surface area contributed by atoms with Crippen molar-refractivity contribution in [2.45, 2.75) is 226 Å². The lowest BCUT2D eigenvalue weighted by Gasteiger charge is -2.18. The second-order valence-corrected chi connectivity index (χ2v) is 15.8. The van der Waals surface area contributed by atoms with Crippen molar-refractivity contribution in [1.82, 2.24) is 0 Å². The zero-order chi connectivity index (χ0) is 42.3. The van der Waals surface area contributed by atoms with E-state index in [2.05, 4.69) is 57.2 Å². The van der Waals surface area contributed by atoms with Crippen molar-refractivity contribution < 1.29 is 28.6 Å². The van der Waals surface area contributed by atoms with Crippen molar-refractivity contribution in [2.75, 3.05) is 13.2 Å². The zero-order valence-electron chi connectivity index (χ0n) is 37.8. The van der Waals surface area contributed by atoms with E-state index in [1.165, 1.54) is 96.3 Å². The average Bonchev–Trinajstić information content (AvgIpc) is 3.22. The predicted octanol–water partition coefficient (Wildman–Crippen LogP) is 15.5. The van der Waals surface area contributed by atoms with Crippen molar-refractivity contribution in [3.05, 3.63) is 72.9 Å². The van der Waals surface area contributed by atoms with Crippen LogP contribution in [0.4, 0.5) is 0 Å². The Kier molecular flexibility index (Phi) is 44.0. The van der Waals surface area contributed by atoms with Crippen LogP contribution in [0.15, 0.2) is 72.9 Å². The lowest BCUT2D eigenvalue weighted by Crippen LogP contribution is -2.30. The molecule has 1 atom stereocenters. The quantitative estimate of drug-likeness (QED) is 0.0264. The first-order valence-corrected chi connectivity index (χ1v) is 24.0. The third kappa shape index (κ3) is 44.0. The fraction of sp³-hybridized carbons (Fsp3) is 0.712. The third-order valence-electron chi connectivity index (χ3n) is 10.1. The molecule has 0 aromatic rings. The maximum absolute atomic E-state index is 12.7. The number of ether oxygens (including phenoxy) is 3. The van der Waals surface area contributed by atoms with Crippen LogP contribution in [0.25, 0.3) is 0 Å². The molecule has 0 bridgehead atoms. The Labute approximate surface area is 357 Å². The molecule has 0 spiro atoms. The van der Waals surface area contributed by atoms with E-state index in [-0.39, 0.29) is 37.5 Å². The van der Waals surface area contributed by atoms with Gasteiger partial charge in [-0.25, -0.2) is 0 Å². The second kappa shape index (κ2) is 46.5. The smallest absolute Gasteiger partial charge is 0.306 e. The third-order valence-corrected chi connectivity index (χ3v) is 10.1. The van der Waals surface area contributed by atoms with E-state index in [0.717, 1.165) is 77.0 Å². The van der Waals surface area contributed by atoms with E-state index in [4.69, 9.17) is 14.2 Å². The van der Waals surface area contributed by atoms with Gasteiger partial charge in [-0.15, -0.1) is 0 Å². The Balaban J connectivity index is 4.43. The van der Waals surface area contributed by atoms with Crippen LogP contribution in [0.3, 0.4) is 0 Å². The molecule has 58 heavy (non-hydrogen) atoms. The van der Waals surface area contributed by atoms with Gasteiger partial charge in [-0.3, -0.25) is 14.4 Å². The molecule has 0 heterocycles. The summed E-state index contributed by atoms with van der Waals surface area (Å²) in [5.41, 5.74) is 0. The molecule has 0 radical (unpaired) electrons. The second-order valence-electron chi connectivity index (χ2n) is 15.8. The summed E-state index contributed by atoms with van der Waals surface area (Å²) < 4.78 is 16.7. The summed E-state index contributed by atoms with van der Waals surface area (Å²) >= 11 is 0. The Hall–Kier alpha value is -3.15. The summed E-state index contributed by atoms with van der Waals surface area (Å²) in [4.78, 5) is 37.8. The first kappa shape index (κ1) is 54.9. The van der Waals surface area contributed by atoms with E-state index in [1.54, 1.807) is 0 Å². The number of carbonyl (C=O) groups excluding carboxylic acids is 3. The fourth-order valence-electron chi connectivity index (χ4n) is 6.43. The van der Waals surface area contributed by atoms with Crippen LogP contribution in [-0.4, -0.2) is 37.2 Å². The van der Waals surface area contributed by atoms with Crippen LogP contribution in [0.2, 0.25) is 0 Å². The van der Waals surface area contributed by atoms with Gasteiger partial charge in [0.25, 0.3) is 0 Å². The van der Waals surface area contributed by atoms with Crippen molar-refractivity contribution >= 4 is 17.9 Å². The number of hydrogen-bond acceptors (Lipinski definition) is 6. The van der Waals surface area contributed by atoms with Crippen molar-refractivity contribution in [1.29, 1.82) is 0 Å². The van der Waals surface area contributed by atoms with Gasteiger partial charge in [0.1, 0.15) is 13.2 Å². The molecular weight excluding hydrogens is 721 g/mol. The largest absolute Gasteiger partial charge is 0.462 e. The van der Waals surface area contributed by atoms with Gasteiger partial charge >= 0.3 is 17.9 Å². The monoisotopic (exact) mass is 809 g/mol. The van der Waals surface area contributed by atoms with Crippen molar-refractivity contribution in [2.24, 2.45) is 0 Å². The van der Waals surface area contributed by atoms with Gasteiger partial charge < -0.3 is 14.2 Å². The molecule has 0 aliphatic rings. The van der Waals surface area contributed by atoms with E-state index in [9.17, 15) is 14.4 Å². The molecule has 0 amide bonds. The van der Waals surface area contributed by atoms with E-state index >= 15 is 0 Å². The number of unbranched alkanes of at least 4 members (excludes halogenated alkanes) is 23. The van der Waals surface area contributed by atoms with Crippen LogP contribution in [0, 0.1) is 0 Å². The number of carbonyl (C=O) groups is 3.